The quantitative estimate of drug-likeness (QED) is 0.918. The summed E-state index contributed by atoms with van der Waals surface area (Å²) in [7, 11) is 0. The molecule has 1 N–H and O–H groups in total. The summed E-state index contributed by atoms with van der Waals surface area (Å²) in [6.07, 6.45) is 2.09. The second kappa shape index (κ2) is 7.81. The Morgan fingerprint density at radius 2 is 2.22 bits per heavy atom. The number of rotatable bonds is 4. The third kappa shape index (κ3) is 6.22. The van der Waals surface area contributed by atoms with Gasteiger partial charge in [-0.25, -0.2) is 4.79 Å². The monoisotopic (exact) mass is 338 g/mol. The van der Waals surface area contributed by atoms with Crippen molar-refractivity contribution < 1.29 is 14.3 Å². The van der Waals surface area contributed by atoms with Crippen LogP contribution in [-0.4, -0.2) is 42.1 Å². The van der Waals surface area contributed by atoms with Gasteiger partial charge in [-0.05, 0) is 61.9 Å². The molecular weight excluding hydrogens is 312 g/mol. The van der Waals surface area contributed by atoms with Crippen LogP contribution in [0.1, 0.15) is 39.2 Å². The molecule has 23 heavy (non-hydrogen) atoms. The number of nitrogens with zero attached hydrogens (tertiary/aromatic N) is 1. The van der Waals surface area contributed by atoms with Gasteiger partial charge in [-0.15, -0.1) is 0 Å². The number of thiophene rings is 1. The maximum Gasteiger partial charge on any atom is 0.407 e. The molecule has 2 amide bonds. The van der Waals surface area contributed by atoms with Gasteiger partial charge in [0.2, 0.25) is 5.91 Å². The standard InChI is InChI=1S/C17H26N2O3S/c1-17(2,3)22-16(21)18-10-14-5-4-7-19(11-14)15(20)9-13-6-8-23-12-13/h6,8,12,14H,4-5,7,9-11H2,1-3H3,(H,18,21)/t14-/m1/s1. The molecule has 1 aliphatic heterocycles. The minimum absolute atomic E-state index is 0.172. The zero-order chi connectivity index (χ0) is 16.9. The minimum atomic E-state index is -0.487. The fourth-order valence-corrected chi connectivity index (χ4v) is 3.35. The van der Waals surface area contributed by atoms with E-state index in [2.05, 4.69) is 5.32 Å². The number of hydrogen-bond acceptors (Lipinski definition) is 4. The lowest BCUT2D eigenvalue weighted by molar-refractivity contribution is -0.132. The Labute approximate surface area is 142 Å². The summed E-state index contributed by atoms with van der Waals surface area (Å²) >= 11 is 1.61. The zero-order valence-corrected chi connectivity index (χ0v) is 14.9. The molecule has 0 aromatic carbocycles. The van der Waals surface area contributed by atoms with E-state index in [9.17, 15) is 9.59 Å². The molecule has 0 radical (unpaired) electrons. The number of hydrogen-bond donors (Lipinski definition) is 1. The predicted molar refractivity (Wildman–Crippen MR) is 91.6 cm³/mol. The molecule has 1 aromatic rings. The van der Waals surface area contributed by atoms with Crippen LogP contribution < -0.4 is 5.32 Å². The average molecular weight is 338 g/mol. The van der Waals surface area contributed by atoms with Gasteiger partial charge in [-0.1, -0.05) is 0 Å². The molecule has 6 heteroatoms. The Balaban J connectivity index is 1.77. The smallest absolute Gasteiger partial charge is 0.407 e. The number of alkyl carbamates (subject to hydrolysis) is 1. The molecule has 2 heterocycles. The highest BCUT2D eigenvalue weighted by Crippen LogP contribution is 2.18. The van der Waals surface area contributed by atoms with Gasteiger partial charge in [0.15, 0.2) is 0 Å². The molecule has 0 aliphatic carbocycles. The number of piperidine rings is 1. The van der Waals surface area contributed by atoms with E-state index in [-0.39, 0.29) is 12.0 Å². The van der Waals surface area contributed by atoms with Crippen LogP contribution >= 0.6 is 11.3 Å². The molecule has 1 saturated heterocycles. The molecule has 0 spiro atoms. The van der Waals surface area contributed by atoms with E-state index in [1.807, 2.05) is 42.5 Å². The summed E-state index contributed by atoms with van der Waals surface area (Å²) in [6, 6.07) is 1.99. The molecule has 2 rings (SSSR count). The van der Waals surface area contributed by atoms with Crippen LogP contribution in [0.25, 0.3) is 0 Å². The van der Waals surface area contributed by atoms with Gasteiger partial charge in [0.25, 0.3) is 0 Å². The van der Waals surface area contributed by atoms with E-state index < -0.39 is 5.60 Å². The second-order valence-corrected chi connectivity index (χ2v) is 7.82. The molecule has 0 unspecified atom stereocenters. The molecule has 128 valence electrons. The van der Waals surface area contributed by atoms with Crippen LogP contribution in [0.5, 0.6) is 0 Å². The third-order valence-corrected chi connectivity index (χ3v) is 4.47. The SMILES string of the molecule is CC(C)(C)OC(=O)NC[C@H]1CCCN(C(=O)Cc2ccsc2)C1. The topological polar surface area (TPSA) is 58.6 Å². The normalized spacial score (nSPS) is 18.6. The Bertz CT molecular complexity index is 522. The highest BCUT2D eigenvalue weighted by molar-refractivity contribution is 7.07. The van der Waals surface area contributed by atoms with Crippen LogP contribution in [0.2, 0.25) is 0 Å². The van der Waals surface area contributed by atoms with Gasteiger partial charge in [0, 0.05) is 19.6 Å². The number of likely N-dealkylation sites (tertiary alicyclic amines) is 1. The Kier molecular flexibility index (Phi) is 6.04. The maximum absolute atomic E-state index is 12.4. The van der Waals surface area contributed by atoms with E-state index in [4.69, 9.17) is 4.74 Å². The summed E-state index contributed by atoms with van der Waals surface area (Å²) in [5, 5.41) is 6.83. The molecule has 1 fully saturated rings. The van der Waals surface area contributed by atoms with Crippen molar-refractivity contribution in [1.82, 2.24) is 10.2 Å². The van der Waals surface area contributed by atoms with Crippen molar-refractivity contribution in [3.8, 4) is 0 Å². The van der Waals surface area contributed by atoms with Crippen LogP contribution in [-0.2, 0) is 16.0 Å². The molecule has 1 atom stereocenters. The first-order valence-corrected chi connectivity index (χ1v) is 9.03. The summed E-state index contributed by atoms with van der Waals surface area (Å²) in [4.78, 5) is 26.0. The first-order valence-electron chi connectivity index (χ1n) is 8.09. The zero-order valence-electron chi connectivity index (χ0n) is 14.1. The average Bonchev–Trinajstić information content (AvgIpc) is 2.96. The summed E-state index contributed by atoms with van der Waals surface area (Å²) in [6.45, 7) is 7.61. The molecule has 0 saturated carbocycles. The van der Waals surface area contributed by atoms with Crippen molar-refractivity contribution in [2.24, 2.45) is 5.92 Å². The minimum Gasteiger partial charge on any atom is -0.444 e. The maximum atomic E-state index is 12.4. The largest absolute Gasteiger partial charge is 0.444 e. The van der Waals surface area contributed by atoms with Crippen molar-refractivity contribution in [1.29, 1.82) is 0 Å². The summed E-state index contributed by atoms with van der Waals surface area (Å²) < 4.78 is 5.24. The van der Waals surface area contributed by atoms with Crippen molar-refractivity contribution in [3.63, 3.8) is 0 Å². The number of amides is 2. The third-order valence-electron chi connectivity index (χ3n) is 3.74. The van der Waals surface area contributed by atoms with Crippen molar-refractivity contribution >= 4 is 23.3 Å². The first-order chi connectivity index (χ1) is 10.8. The lowest BCUT2D eigenvalue weighted by atomic mass is 9.97. The van der Waals surface area contributed by atoms with Crippen LogP contribution in [0.4, 0.5) is 4.79 Å². The lowest BCUT2D eigenvalue weighted by Crippen LogP contribution is -2.44. The van der Waals surface area contributed by atoms with Crippen LogP contribution in [0.15, 0.2) is 16.8 Å². The van der Waals surface area contributed by atoms with Crippen molar-refractivity contribution in [3.05, 3.63) is 22.4 Å². The first kappa shape index (κ1) is 17.8. The van der Waals surface area contributed by atoms with Gasteiger partial charge in [-0.3, -0.25) is 4.79 Å². The predicted octanol–water partition coefficient (Wildman–Crippen LogP) is 3.05. The van der Waals surface area contributed by atoms with E-state index in [1.54, 1.807) is 11.3 Å². The van der Waals surface area contributed by atoms with Crippen molar-refractivity contribution in [2.75, 3.05) is 19.6 Å². The number of carbonyl (C=O) groups is 2. The second-order valence-electron chi connectivity index (χ2n) is 7.04. The molecule has 1 aliphatic rings. The van der Waals surface area contributed by atoms with Gasteiger partial charge in [-0.2, -0.15) is 11.3 Å². The van der Waals surface area contributed by atoms with Gasteiger partial charge in [0.05, 0.1) is 6.42 Å². The van der Waals surface area contributed by atoms with Gasteiger partial charge in [0.1, 0.15) is 5.60 Å². The fraction of sp³-hybridized carbons (Fsp3) is 0.647. The highest BCUT2D eigenvalue weighted by Gasteiger charge is 2.25. The fourth-order valence-electron chi connectivity index (χ4n) is 2.68. The molecule has 1 aromatic heterocycles. The van der Waals surface area contributed by atoms with E-state index >= 15 is 0 Å². The van der Waals surface area contributed by atoms with E-state index in [1.165, 1.54) is 0 Å². The molecule has 5 nitrogen and oxygen atoms in total. The molecular formula is C17H26N2O3S. The number of nitrogens with one attached hydrogen (secondary N) is 1. The number of ether oxygens (including phenoxy) is 1. The van der Waals surface area contributed by atoms with Crippen LogP contribution in [0.3, 0.4) is 0 Å². The highest BCUT2D eigenvalue weighted by atomic mass is 32.1. The van der Waals surface area contributed by atoms with Gasteiger partial charge < -0.3 is 15.0 Å². The van der Waals surface area contributed by atoms with E-state index in [0.717, 1.165) is 24.9 Å². The summed E-state index contributed by atoms with van der Waals surface area (Å²) in [5.41, 5.74) is 0.591. The number of carbonyl (C=O) groups excluding carboxylic acids is 2. The Morgan fingerprint density at radius 1 is 1.43 bits per heavy atom. The lowest BCUT2D eigenvalue weighted by Gasteiger charge is -2.33. The summed E-state index contributed by atoms with van der Waals surface area (Å²) in [5.74, 6) is 0.466. The van der Waals surface area contributed by atoms with E-state index in [0.29, 0.717) is 25.4 Å². The van der Waals surface area contributed by atoms with Crippen molar-refractivity contribution in [2.45, 2.75) is 45.6 Å². The van der Waals surface area contributed by atoms with Gasteiger partial charge >= 0.3 is 6.09 Å². The Hall–Kier alpha value is -1.56. The Morgan fingerprint density at radius 3 is 2.87 bits per heavy atom. The molecule has 0 bridgehead atoms. The van der Waals surface area contributed by atoms with Crippen LogP contribution in [0, 0.1) is 5.92 Å².